The first-order valence-electron chi connectivity index (χ1n) is 6.54. The van der Waals surface area contributed by atoms with Crippen molar-refractivity contribution in [3.63, 3.8) is 0 Å². The van der Waals surface area contributed by atoms with E-state index in [0.717, 1.165) is 44.1 Å². The Hall–Kier alpha value is -1.95. The monoisotopic (exact) mass is 259 g/mol. The fraction of sp³-hybridized carbons (Fsp3) is 0.462. The molecule has 6 nitrogen and oxygen atoms in total. The van der Waals surface area contributed by atoms with Crippen LogP contribution in [0.2, 0.25) is 0 Å². The number of aromatic nitrogens is 3. The molecule has 0 aliphatic carbocycles. The van der Waals surface area contributed by atoms with Crippen LogP contribution in [0, 0.1) is 0 Å². The van der Waals surface area contributed by atoms with Crippen molar-refractivity contribution in [2.45, 2.75) is 25.4 Å². The predicted octanol–water partition coefficient (Wildman–Crippen LogP) is 1.54. The van der Waals surface area contributed by atoms with Gasteiger partial charge in [-0.25, -0.2) is 9.97 Å². The zero-order valence-corrected chi connectivity index (χ0v) is 10.7. The lowest BCUT2D eigenvalue weighted by Gasteiger charge is -2.31. The minimum Gasteiger partial charge on any atom is -0.367 e. The van der Waals surface area contributed by atoms with Crippen molar-refractivity contribution in [1.29, 1.82) is 0 Å². The number of anilines is 1. The van der Waals surface area contributed by atoms with E-state index in [9.17, 15) is 0 Å². The van der Waals surface area contributed by atoms with E-state index in [2.05, 4.69) is 25.3 Å². The van der Waals surface area contributed by atoms with E-state index in [1.54, 1.807) is 18.7 Å². The van der Waals surface area contributed by atoms with Gasteiger partial charge in [-0.1, -0.05) is 5.16 Å². The van der Waals surface area contributed by atoms with Gasteiger partial charge in [-0.3, -0.25) is 4.90 Å². The van der Waals surface area contributed by atoms with Crippen LogP contribution < -0.4 is 5.32 Å². The highest BCUT2D eigenvalue weighted by Crippen LogP contribution is 2.16. The molecule has 6 heteroatoms. The summed E-state index contributed by atoms with van der Waals surface area (Å²) in [4.78, 5) is 10.5. The Bertz CT molecular complexity index is 479. The van der Waals surface area contributed by atoms with Crippen molar-refractivity contribution in [2.75, 3.05) is 18.4 Å². The molecule has 3 rings (SSSR count). The number of hydrogen-bond donors (Lipinski definition) is 1. The molecule has 0 saturated carbocycles. The molecule has 1 aliphatic heterocycles. The summed E-state index contributed by atoms with van der Waals surface area (Å²) in [7, 11) is 0. The lowest BCUT2D eigenvalue weighted by molar-refractivity contribution is 0.189. The van der Waals surface area contributed by atoms with Gasteiger partial charge in [0.2, 0.25) is 0 Å². The molecule has 100 valence electrons. The van der Waals surface area contributed by atoms with E-state index in [1.807, 2.05) is 12.1 Å². The van der Waals surface area contributed by atoms with Gasteiger partial charge in [0.15, 0.2) is 5.76 Å². The van der Waals surface area contributed by atoms with Crippen LogP contribution >= 0.6 is 0 Å². The highest BCUT2D eigenvalue weighted by atomic mass is 16.5. The molecule has 0 atom stereocenters. The lowest BCUT2D eigenvalue weighted by Crippen LogP contribution is -2.38. The van der Waals surface area contributed by atoms with E-state index in [0.29, 0.717) is 6.04 Å². The third-order valence-electron chi connectivity index (χ3n) is 3.39. The fourth-order valence-electron chi connectivity index (χ4n) is 2.36. The molecule has 0 amide bonds. The molecule has 2 aromatic rings. The van der Waals surface area contributed by atoms with Gasteiger partial charge in [0.05, 0.1) is 12.7 Å². The average molecular weight is 259 g/mol. The van der Waals surface area contributed by atoms with E-state index in [1.165, 1.54) is 0 Å². The van der Waals surface area contributed by atoms with E-state index >= 15 is 0 Å². The number of nitrogens with one attached hydrogen (secondary N) is 1. The molecular formula is C13H17N5O. The van der Waals surface area contributed by atoms with Crippen molar-refractivity contribution < 1.29 is 4.52 Å². The third-order valence-corrected chi connectivity index (χ3v) is 3.39. The molecular weight excluding hydrogens is 242 g/mol. The van der Waals surface area contributed by atoms with Gasteiger partial charge in [0, 0.05) is 31.4 Å². The highest BCUT2D eigenvalue weighted by molar-refractivity contribution is 5.33. The van der Waals surface area contributed by atoms with Crippen LogP contribution in [0.15, 0.2) is 35.4 Å². The van der Waals surface area contributed by atoms with Gasteiger partial charge in [-0.05, 0) is 18.9 Å². The quantitative estimate of drug-likeness (QED) is 0.898. The highest BCUT2D eigenvalue weighted by Gasteiger charge is 2.20. The zero-order valence-electron chi connectivity index (χ0n) is 10.7. The summed E-state index contributed by atoms with van der Waals surface area (Å²) in [6, 6.07) is 4.31. The summed E-state index contributed by atoms with van der Waals surface area (Å²) in [5.41, 5.74) is 0. The van der Waals surface area contributed by atoms with Gasteiger partial charge in [-0.15, -0.1) is 0 Å². The van der Waals surface area contributed by atoms with Crippen LogP contribution in [-0.4, -0.2) is 39.2 Å². The van der Waals surface area contributed by atoms with E-state index in [-0.39, 0.29) is 0 Å². The number of rotatable bonds is 4. The molecule has 0 bridgehead atoms. The molecule has 1 aliphatic rings. The second kappa shape index (κ2) is 5.79. The maximum atomic E-state index is 5.13. The molecule has 3 heterocycles. The Kier molecular flexibility index (Phi) is 3.69. The van der Waals surface area contributed by atoms with Gasteiger partial charge >= 0.3 is 0 Å². The smallest absolute Gasteiger partial charge is 0.150 e. The molecule has 1 saturated heterocycles. The molecule has 2 aromatic heterocycles. The molecule has 0 spiro atoms. The minimum absolute atomic E-state index is 0.487. The summed E-state index contributed by atoms with van der Waals surface area (Å²) in [6.45, 7) is 2.97. The number of nitrogens with zero attached hydrogens (tertiary/aromatic N) is 4. The van der Waals surface area contributed by atoms with Crippen molar-refractivity contribution in [3.05, 3.63) is 36.6 Å². The maximum absolute atomic E-state index is 5.13. The van der Waals surface area contributed by atoms with Gasteiger partial charge < -0.3 is 9.84 Å². The number of piperidine rings is 1. The SMILES string of the molecule is c1cc(NC2CCN(Cc3ccno3)CC2)ncn1. The first-order valence-corrected chi connectivity index (χ1v) is 6.54. The Labute approximate surface area is 111 Å². The second-order valence-corrected chi connectivity index (χ2v) is 4.77. The largest absolute Gasteiger partial charge is 0.367 e. The molecule has 0 radical (unpaired) electrons. The minimum atomic E-state index is 0.487. The molecule has 1 N–H and O–H groups in total. The Balaban J connectivity index is 1.47. The first-order chi connectivity index (χ1) is 9.40. The average Bonchev–Trinajstić information content (AvgIpc) is 2.95. The lowest BCUT2D eigenvalue weighted by atomic mass is 10.0. The molecule has 1 fully saturated rings. The topological polar surface area (TPSA) is 67.1 Å². The Morgan fingerprint density at radius 3 is 2.84 bits per heavy atom. The summed E-state index contributed by atoms with van der Waals surface area (Å²) < 4.78 is 5.13. The van der Waals surface area contributed by atoms with Crippen molar-refractivity contribution in [1.82, 2.24) is 20.0 Å². The zero-order chi connectivity index (χ0) is 12.9. The Morgan fingerprint density at radius 2 is 2.16 bits per heavy atom. The van der Waals surface area contributed by atoms with Gasteiger partial charge in [0.1, 0.15) is 12.1 Å². The summed E-state index contributed by atoms with van der Waals surface area (Å²) in [6.07, 6.45) is 7.24. The molecule has 0 aromatic carbocycles. The first kappa shape index (κ1) is 12.1. The van der Waals surface area contributed by atoms with Crippen molar-refractivity contribution >= 4 is 5.82 Å². The Morgan fingerprint density at radius 1 is 1.26 bits per heavy atom. The summed E-state index contributed by atoms with van der Waals surface area (Å²) in [5.74, 6) is 1.84. The second-order valence-electron chi connectivity index (χ2n) is 4.77. The van der Waals surface area contributed by atoms with Gasteiger partial charge in [0.25, 0.3) is 0 Å². The van der Waals surface area contributed by atoms with Crippen LogP contribution in [0.3, 0.4) is 0 Å². The van der Waals surface area contributed by atoms with E-state index < -0.39 is 0 Å². The molecule has 0 unspecified atom stereocenters. The van der Waals surface area contributed by atoms with Crippen LogP contribution in [0.25, 0.3) is 0 Å². The standard InChI is InChI=1S/C13H17N5O/c1-6-16-19-12(1)9-18-7-3-11(4-8-18)17-13-2-5-14-10-15-13/h1-2,5-6,10-11H,3-4,7-9H2,(H,14,15,17). The van der Waals surface area contributed by atoms with Crippen LogP contribution in [-0.2, 0) is 6.54 Å². The maximum Gasteiger partial charge on any atom is 0.150 e. The molecule has 19 heavy (non-hydrogen) atoms. The van der Waals surface area contributed by atoms with Crippen LogP contribution in [0.5, 0.6) is 0 Å². The third kappa shape index (κ3) is 3.29. The van der Waals surface area contributed by atoms with Gasteiger partial charge in [-0.2, -0.15) is 0 Å². The normalized spacial score (nSPS) is 17.5. The fourth-order valence-corrected chi connectivity index (χ4v) is 2.36. The van der Waals surface area contributed by atoms with Crippen molar-refractivity contribution in [3.8, 4) is 0 Å². The predicted molar refractivity (Wildman–Crippen MR) is 70.5 cm³/mol. The number of likely N-dealkylation sites (tertiary alicyclic amines) is 1. The van der Waals surface area contributed by atoms with Crippen LogP contribution in [0.1, 0.15) is 18.6 Å². The van der Waals surface area contributed by atoms with E-state index in [4.69, 9.17) is 4.52 Å². The summed E-state index contributed by atoms with van der Waals surface area (Å²) in [5, 5.41) is 7.18. The van der Waals surface area contributed by atoms with Crippen molar-refractivity contribution in [2.24, 2.45) is 0 Å². The summed E-state index contributed by atoms with van der Waals surface area (Å²) >= 11 is 0. The van der Waals surface area contributed by atoms with Crippen LogP contribution in [0.4, 0.5) is 5.82 Å². The number of hydrogen-bond acceptors (Lipinski definition) is 6.